The molecule has 3 heteroatoms. The van der Waals surface area contributed by atoms with E-state index in [2.05, 4.69) is 15.9 Å². The van der Waals surface area contributed by atoms with Crippen LogP contribution in [0.15, 0.2) is 16.6 Å². The zero-order valence-electron chi connectivity index (χ0n) is 8.30. The number of carboxylic acids is 1. The molecule has 1 N–H and O–H groups in total. The van der Waals surface area contributed by atoms with E-state index in [1.807, 2.05) is 26.0 Å². The van der Waals surface area contributed by atoms with Crippen molar-refractivity contribution < 1.29 is 9.90 Å². The number of halogens is 1. The van der Waals surface area contributed by atoms with Crippen LogP contribution in [0.5, 0.6) is 0 Å². The minimum Gasteiger partial charge on any atom is -0.481 e. The number of rotatable bonds is 3. The molecule has 0 aromatic heterocycles. The standard InChI is InChI=1S/C11H13BrO2/c1-7-3-5-10(12)9(8(7)2)4-6-11(13)14/h3,5H,4,6H2,1-2H3,(H,13,14). The molecule has 14 heavy (non-hydrogen) atoms. The highest BCUT2D eigenvalue weighted by molar-refractivity contribution is 9.10. The number of carboxylic acid groups (broad SMARTS) is 1. The van der Waals surface area contributed by atoms with Crippen molar-refractivity contribution in [3.05, 3.63) is 33.3 Å². The van der Waals surface area contributed by atoms with Gasteiger partial charge in [0.2, 0.25) is 0 Å². The van der Waals surface area contributed by atoms with Gasteiger partial charge in [-0.1, -0.05) is 22.0 Å². The highest BCUT2D eigenvalue weighted by Gasteiger charge is 2.07. The number of aryl methyl sites for hydroxylation is 1. The molecule has 76 valence electrons. The van der Waals surface area contributed by atoms with Gasteiger partial charge in [-0.3, -0.25) is 4.79 Å². The summed E-state index contributed by atoms with van der Waals surface area (Å²) in [7, 11) is 0. The maximum Gasteiger partial charge on any atom is 0.303 e. The van der Waals surface area contributed by atoms with E-state index in [1.165, 1.54) is 11.1 Å². The molecule has 0 radical (unpaired) electrons. The summed E-state index contributed by atoms with van der Waals surface area (Å²) in [5, 5.41) is 8.61. The Kier molecular flexibility index (Phi) is 3.69. The maximum atomic E-state index is 10.5. The molecule has 2 nitrogen and oxygen atoms in total. The first-order chi connectivity index (χ1) is 6.52. The Morgan fingerprint density at radius 2 is 2.07 bits per heavy atom. The summed E-state index contributed by atoms with van der Waals surface area (Å²) in [5.41, 5.74) is 3.49. The maximum absolute atomic E-state index is 10.5. The molecule has 0 aliphatic rings. The van der Waals surface area contributed by atoms with E-state index in [9.17, 15) is 4.79 Å². The summed E-state index contributed by atoms with van der Waals surface area (Å²) in [5.74, 6) is -0.752. The number of aliphatic carboxylic acids is 1. The largest absolute Gasteiger partial charge is 0.481 e. The molecular formula is C11H13BrO2. The summed E-state index contributed by atoms with van der Waals surface area (Å²) in [6.07, 6.45) is 0.770. The summed E-state index contributed by atoms with van der Waals surface area (Å²) in [4.78, 5) is 10.5. The lowest BCUT2D eigenvalue weighted by Crippen LogP contribution is -2.00. The Labute approximate surface area is 92.1 Å². The Balaban J connectivity index is 2.95. The topological polar surface area (TPSA) is 37.3 Å². The molecule has 0 atom stereocenters. The van der Waals surface area contributed by atoms with Crippen molar-refractivity contribution in [3.63, 3.8) is 0 Å². The van der Waals surface area contributed by atoms with E-state index in [-0.39, 0.29) is 6.42 Å². The van der Waals surface area contributed by atoms with Gasteiger partial charge < -0.3 is 5.11 Å². The fourth-order valence-corrected chi connectivity index (χ4v) is 2.01. The van der Waals surface area contributed by atoms with Crippen LogP contribution in [0.3, 0.4) is 0 Å². The first-order valence-corrected chi connectivity index (χ1v) is 5.28. The normalized spacial score (nSPS) is 10.2. The second kappa shape index (κ2) is 4.60. The molecule has 0 saturated carbocycles. The van der Waals surface area contributed by atoms with Crippen molar-refractivity contribution in [1.29, 1.82) is 0 Å². The SMILES string of the molecule is Cc1ccc(Br)c(CCC(=O)O)c1C. The first-order valence-electron chi connectivity index (χ1n) is 4.48. The van der Waals surface area contributed by atoms with Gasteiger partial charge in [-0.2, -0.15) is 0 Å². The van der Waals surface area contributed by atoms with Crippen LogP contribution in [0, 0.1) is 13.8 Å². The van der Waals surface area contributed by atoms with Crippen LogP contribution in [0.4, 0.5) is 0 Å². The molecular weight excluding hydrogens is 244 g/mol. The van der Waals surface area contributed by atoms with Crippen LogP contribution in [0.25, 0.3) is 0 Å². The fourth-order valence-electron chi connectivity index (χ4n) is 1.38. The summed E-state index contributed by atoms with van der Waals surface area (Å²) < 4.78 is 1.00. The van der Waals surface area contributed by atoms with Gasteiger partial charge in [0.1, 0.15) is 0 Å². The van der Waals surface area contributed by atoms with Gasteiger partial charge in [0.05, 0.1) is 0 Å². The van der Waals surface area contributed by atoms with Crippen molar-refractivity contribution in [2.75, 3.05) is 0 Å². The molecule has 0 bridgehead atoms. The lowest BCUT2D eigenvalue weighted by molar-refractivity contribution is -0.136. The van der Waals surface area contributed by atoms with E-state index in [0.717, 1.165) is 10.0 Å². The van der Waals surface area contributed by atoms with Crippen molar-refractivity contribution in [3.8, 4) is 0 Å². The summed E-state index contributed by atoms with van der Waals surface area (Å²) >= 11 is 3.44. The number of hydrogen-bond acceptors (Lipinski definition) is 1. The van der Waals surface area contributed by atoms with Gasteiger partial charge in [-0.05, 0) is 43.0 Å². The minimum atomic E-state index is -0.752. The van der Waals surface area contributed by atoms with Crippen LogP contribution in [0.2, 0.25) is 0 Å². The average molecular weight is 257 g/mol. The molecule has 1 rings (SSSR count). The molecule has 0 aliphatic carbocycles. The Morgan fingerprint density at radius 1 is 1.43 bits per heavy atom. The highest BCUT2D eigenvalue weighted by atomic mass is 79.9. The van der Waals surface area contributed by atoms with Crippen molar-refractivity contribution in [1.82, 2.24) is 0 Å². The fraction of sp³-hybridized carbons (Fsp3) is 0.364. The Bertz CT molecular complexity index is 359. The third kappa shape index (κ3) is 2.58. The molecule has 1 aromatic carbocycles. The predicted molar refractivity (Wildman–Crippen MR) is 59.6 cm³/mol. The van der Waals surface area contributed by atoms with E-state index in [4.69, 9.17) is 5.11 Å². The van der Waals surface area contributed by atoms with Crippen LogP contribution >= 0.6 is 15.9 Å². The number of carbonyl (C=O) groups is 1. The van der Waals surface area contributed by atoms with Crippen molar-refractivity contribution >= 4 is 21.9 Å². The van der Waals surface area contributed by atoms with Gasteiger partial charge in [-0.15, -0.1) is 0 Å². The van der Waals surface area contributed by atoms with Gasteiger partial charge in [-0.25, -0.2) is 0 Å². The van der Waals surface area contributed by atoms with Gasteiger partial charge in [0, 0.05) is 10.9 Å². The highest BCUT2D eigenvalue weighted by Crippen LogP contribution is 2.24. The van der Waals surface area contributed by atoms with Crippen LogP contribution in [0.1, 0.15) is 23.1 Å². The third-order valence-electron chi connectivity index (χ3n) is 2.40. The molecule has 0 saturated heterocycles. The Hall–Kier alpha value is -0.830. The van der Waals surface area contributed by atoms with Gasteiger partial charge in [0.15, 0.2) is 0 Å². The van der Waals surface area contributed by atoms with Crippen LogP contribution in [-0.4, -0.2) is 11.1 Å². The second-order valence-corrected chi connectivity index (χ2v) is 4.22. The molecule has 0 amide bonds. The van der Waals surface area contributed by atoms with E-state index < -0.39 is 5.97 Å². The summed E-state index contributed by atoms with van der Waals surface area (Å²) in [6.45, 7) is 4.06. The molecule has 0 heterocycles. The van der Waals surface area contributed by atoms with Gasteiger partial charge >= 0.3 is 5.97 Å². The zero-order valence-corrected chi connectivity index (χ0v) is 9.89. The van der Waals surface area contributed by atoms with Crippen LogP contribution < -0.4 is 0 Å². The van der Waals surface area contributed by atoms with Crippen molar-refractivity contribution in [2.24, 2.45) is 0 Å². The second-order valence-electron chi connectivity index (χ2n) is 3.36. The molecule has 0 unspecified atom stereocenters. The van der Waals surface area contributed by atoms with E-state index in [1.54, 1.807) is 0 Å². The molecule has 0 aliphatic heterocycles. The minimum absolute atomic E-state index is 0.183. The third-order valence-corrected chi connectivity index (χ3v) is 3.14. The molecule has 1 aromatic rings. The molecule has 0 fully saturated rings. The quantitative estimate of drug-likeness (QED) is 0.903. The average Bonchev–Trinajstić information content (AvgIpc) is 2.11. The molecule has 0 spiro atoms. The monoisotopic (exact) mass is 256 g/mol. The summed E-state index contributed by atoms with van der Waals surface area (Å²) in [6, 6.07) is 4.00. The van der Waals surface area contributed by atoms with E-state index in [0.29, 0.717) is 6.42 Å². The first kappa shape index (κ1) is 11.2. The number of hydrogen-bond donors (Lipinski definition) is 1. The Morgan fingerprint density at radius 3 is 2.64 bits per heavy atom. The zero-order chi connectivity index (χ0) is 10.7. The van der Waals surface area contributed by atoms with Crippen LogP contribution in [-0.2, 0) is 11.2 Å². The predicted octanol–water partition coefficient (Wildman–Crippen LogP) is 3.08. The van der Waals surface area contributed by atoms with Gasteiger partial charge in [0.25, 0.3) is 0 Å². The lowest BCUT2D eigenvalue weighted by Gasteiger charge is -2.09. The lowest BCUT2D eigenvalue weighted by atomic mass is 10.00. The van der Waals surface area contributed by atoms with Crippen molar-refractivity contribution in [2.45, 2.75) is 26.7 Å². The van der Waals surface area contributed by atoms with E-state index >= 15 is 0 Å². The smallest absolute Gasteiger partial charge is 0.303 e. The number of benzene rings is 1.